The van der Waals surface area contributed by atoms with E-state index in [2.05, 4.69) is 5.32 Å². The molecule has 0 heterocycles. The average molecular weight is 666 g/mol. The molecule has 0 aliphatic heterocycles. The zero-order valence-corrected chi connectivity index (χ0v) is 26.5. The molecule has 1 saturated carbocycles. The molecule has 1 aliphatic rings. The van der Waals surface area contributed by atoms with Gasteiger partial charge in [-0.3, -0.25) is 13.9 Å². The molecule has 2 amide bonds. The highest BCUT2D eigenvalue weighted by Gasteiger charge is 2.36. The first-order valence-corrected chi connectivity index (χ1v) is 16.6. The molecule has 242 valence electrons. The minimum absolute atomic E-state index is 0.0685. The number of sulfonamides is 1. The number of hydrogen-bond acceptors (Lipinski definition) is 5. The van der Waals surface area contributed by atoms with E-state index < -0.39 is 51.9 Å². The quantitative estimate of drug-likeness (QED) is 0.263. The third-order valence-electron chi connectivity index (χ3n) is 7.68. The number of halogens is 4. The van der Waals surface area contributed by atoms with Gasteiger partial charge in [0.05, 0.1) is 29.6 Å². The van der Waals surface area contributed by atoms with E-state index in [1.165, 1.54) is 12.0 Å². The lowest BCUT2D eigenvalue weighted by molar-refractivity contribution is -0.140. The van der Waals surface area contributed by atoms with E-state index >= 15 is 0 Å². The maximum atomic E-state index is 14.2. The molecule has 0 spiro atoms. The van der Waals surface area contributed by atoms with E-state index in [4.69, 9.17) is 16.3 Å². The fourth-order valence-corrected chi connectivity index (χ4v) is 6.49. The van der Waals surface area contributed by atoms with Gasteiger partial charge >= 0.3 is 6.18 Å². The van der Waals surface area contributed by atoms with Crippen LogP contribution in [0, 0.1) is 0 Å². The van der Waals surface area contributed by atoms with Crippen molar-refractivity contribution in [1.82, 2.24) is 10.2 Å². The van der Waals surface area contributed by atoms with E-state index in [0.717, 1.165) is 49.6 Å². The van der Waals surface area contributed by atoms with Crippen molar-refractivity contribution in [2.24, 2.45) is 0 Å². The molecule has 0 aromatic heterocycles. The van der Waals surface area contributed by atoms with E-state index in [1.807, 2.05) is 18.2 Å². The molecule has 3 aromatic carbocycles. The fraction of sp³-hybridized carbons (Fsp3) is 0.375. The normalized spacial score (nSPS) is 14.5. The van der Waals surface area contributed by atoms with Gasteiger partial charge < -0.3 is 15.0 Å². The maximum absolute atomic E-state index is 14.2. The number of benzene rings is 3. The lowest BCUT2D eigenvalue weighted by atomic mass is 10.0. The van der Waals surface area contributed by atoms with E-state index in [9.17, 15) is 31.2 Å². The monoisotopic (exact) mass is 665 g/mol. The van der Waals surface area contributed by atoms with E-state index in [-0.39, 0.29) is 24.0 Å². The first-order chi connectivity index (χ1) is 21.3. The van der Waals surface area contributed by atoms with Crippen LogP contribution in [0.25, 0.3) is 0 Å². The average Bonchev–Trinajstić information content (AvgIpc) is 3.50. The van der Waals surface area contributed by atoms with Crippen molar-refractivity contribution in [1.29, 1.82) is 0 Å². The second-order valence-corrected chi connectivity index (χ2v) is 13.3. The summed E-state index contributed by atoms with van der Waals surface area (Å²) in [6.45, 7) is -1.01. The van der Waals surface area contributed by atoms with Crippen molar-refractivity contribution in [3.05, 3.63) is 94.5 Å². The number of nitrogens with zero attached hydrogens (tertiary/aromatic N) is 2. The summed E-state index contributed by atoms with van der Waals surface area (Å²) in [5.41, 5.74) is -0.279. The van der Waals surface area contributed by atoms with Gasteiger partial charge in [0, 0.05) is 19.0 Å². The molecule has 3 aromatic rings. The molecule has 4 rings (SSSR count). The Kier molecular flexibility index (Phi) is 11.0. The summed E-state index contributed by atoms with van der Waals surface area (Å²) in [6.07, 6.45) is -0.392. The first-order valence-electron chi connectivity index (χ1n) is 14.4. The molecule has 8 nitrogen and oxygen atoms in total. The van der Waals surface area contributed by atoms with Crippen molar-refractivity contribution in [3.63, 3.8) is 0 Å². The minimum atomic E-state index is -4.79. The Hall–Kier alpha value is -3.77. The fourth-order valence-electron chi connectivity index (χ4n) is 5.36. The Morgan fingerprint density at radius 3 is 2.29 bits per heavy atom. The second kappa shape index (κ2) is 14.6. The Balaban J connectivity index is 1.78. The minimum Gasteiger partial charge on any atom is -0.497 e. The molecule has 0 bridgehead atoms. The smallest absolute Gasteiger partial charge is 0.416 e. The highest BCUT2D eigenvalue weighted by Crippen LogP contribution is 2.36. The Bertz CT molecular complexity index is 1600. The van der Waals surface area contributed by atoms with Gasteiger partial charge in [0.2, 0.25) is 21.8 Å². The van der Waals surface area contributed by atoms with Crippen LogP contribution in [-0.4, -0.2) is 57.1 Å². The molecule has 1 aliphatic carbocycles. The summed E-state index contributed by atoms with van der Waals surface area (Å²) < 4.78 is 72.6. The molecule has 0 saturated heterocycles. The Morgan fingerprint density at radius 1 is 1.00 bits per heavy atom. The van der Waals surface area contributed by atoms with Crippen LogP contribution in [0.5, 0.6) is 5.75 Å². The van der Waals surface area contributed by atoms with Crippen molar-refractivity contribution < 1.29 is 35.9 Å². The number of rotatable bonds is 12. The van der Waals surface area contributed by atoms with Crippen LogP contribution in [0.4, 0.5) is 18.9 Å². The predicted octanol–water partition coefficient (Wildman–Crippen LogP) is 5.83. The van der Waals surface area contributed by atoms with Crippen LogP contribution in [0.15, 0.2) is 72.8 Å². The van der Waals surface area contributed by atoms with Crippen LogP contribution < -0.4 is 14.4 Å². The number of methoxy groups -OCH3 is 1. The third-order valence-corrected chi connectivity index (χ3v) is 9.13. The SMILES string of the molecule is COc1cccc(CN(C(=O)CN(c2cc(C(F)(F)F)ccc2Cl)S(C)(=O)=O)C(Cc2ccccc2)C(=O)NC2CCCC2)c1. The van der Waals surface area contributed by atoms with E-state index in [1.54, 1.807) is 36.4 Å². The largest absolute Gasteiger partial charge is 0.497 e. The molecular formula is C32H35ClF3N3O5S. The van der Waals surface area contributed by atoms with Crippen LogP contribution in [0.3, 0.4) is 0 Å². The lowest BCUT2D eigenvalue weighted by Crippen LogP contribution is -2.54. The highest BCUT2D eigenvalue weighted by molar-refractivity contribution is 7.92. The van der Waals surface area contributed by atoms with Crippen molar-refractivity contribution in [2.45, 2.75) is 56.9 Å². The zero-order chi connectivity index (χ0) is 32.8. The van der Waals surface area contributed by atoms with Crippen molar-refractivity contribution >= 4 is 39.1 Å². The van der Waals surface area contributed by atoms with Gasteiger partial charge in [0.15, 0.2) is 0 Å². The first kappa shape index (κ1) is 34.1. The summed E-state index contributed by atoms with van der Waals surface area (Å²) in [5.74, 6) is -0.715. The number of alkyl halides is 3. The molecular weight excluding hydrogens is 631 g/mol. The maximum Gasteiger partial charge on any atom is 0.416 e. The number of nitrogens with one attached hydrogen (secondary N) is 1. The summed E-state index contributed by atoms with van der Waals surface area (Å²) in [7, 11) is -2.84. The van der Waals surface area contributed by atoms with E-state index in [0.29, 0.717) is 21.7 Å². The molecule has 1 unspecified atom stereocenters. The second-order valence-electron chi connectivity index (χ2n) is 11.0. The molecule has 45 heavy (non-hydrogen) atoms. The van der Waals surface area contributed by atoms with Crippen LogP contribution in [0.2, 0.25) is 5.02 Å². The topological polar surface area (TPSA) is 96.0 Å². The number of carbonyl (C=O) groups is 2. The van der Waals surface area contributed by atoms with Crippen LogP contribution >= 0.6 is 11.6 Å². The zero-order valence-electron chi connectivity index (χ0n) is 24.9. The standard InChI is InChI=1S/C32H35ClF3N3O5S/c1-44-26-14-8-11-23(17-26)20-38(29(18-22-9-4-3-5-10-22)31(41)37-25-12-6-7-13-25)30(40)21-39(45(2,42)43)28-19-24(32(34,35)36)15-16-27(28)33/h3-5,8-11,14-17,19,25,29H,6-7,12-13,18,20-21H2,1-2H3,(H,37,41). The lowest BCUT2D eigenvalue weighted by Gasteiger charge is -2.34. The molecule has 13 heteroatoms. The van der Waals surface area contributed by atoms with Gasteiger partial charge in [0.1, 0.15) is 18.3 Å². The number of hydrogen-bond donors (Lipinski definition) is 1. The van der Waals surface area contributed by atoms with Crippen LogP contribution in [0.1, 0.15) is 42.4 Å². The van der Waals surface area contributed by atoms with Gasteiger partial charge in [-0.2, -0.15) is 13.2 Å². The number of anilines is 1. The van der Waals surface area contributed by atoms with Crippen LogP contribution in [-0.2, 0) is 38.8 Å². The summed E-state index contributed by atoms with van der Waals surface area (Å²) in [6, 6.07) is 17.0. The predicted molar refractivity (Wildman–Crippen MR) is 167 cm³/mol. The Morgan fingerprint density at radius 2 is 1.67 bits per heavy atom. The van der Waals surface area contributed by atoms with Gasteiger partial charge in [-0.1, -0.05) is 66.9 Å². The van der Waals surface area contributed by atoms with Gasteiger partial charge in [-0.05, 0) is 54.3 Å². The van der Waals surface area contributed by atoms with Gasteiger partial charge in [-0.15, -0.1) is 0 Å². The summed E-state index contributed by atoms with van der Waals surface area (Å²) >= 11 is 6.21. The Labute approximate surface area is 266 Å². The van der Waals surface area contributed by atoms with Gasteiger partial charge in [0.25, 0.3) is 0 Å². The van der Waals surface area contributed by atoms with Crippen molar-refractivity contribution in [3.8, 4) is 5.75 Å². The molecule has 0 radical (unpaired) electrons. The van der Waals surface area contributed by atoms with Gasteiger partial charge in [-0.25, -0.2) is 8.42 Å². The number of ether oxygens (including phenoxy) is 1. The molecule has 1 N–H and O–H groups in total. The molecule has 1 fully saturated rings. The number of carbonyl (C=O) groups excluding carboxylic acids is 2. The third kappa shape index (κ3) is 9.13. The summed E-state index contributed by atoms with van der Waals surface area (Å²) in [5, 5.41) is 2.76. The summed E-state index contributed by atoms with van der Waals surface area (Å²) in [4.78, 5) is 29.4. The highest BCUT2D eigenvalue weighted by atomic mass is 35.5. The number of amides is 2. The van der Waals surface area contributed by atoms with Crippen molar-refractivity contribution in [2.75, 3.05) is 24.2 Å². The molecule has 1 atom stereocenters.